The highest BCUT2D eigenvalue weighted by Crippen LogP contribution is 2.20. The zero-order valence-corrected chi connectivity index (χ0v) is 16.6. The van der Waals surface area contributed by atoms with Gasteiger partial charge in [0.15, 0.2) is 11.0 Å². The number of thiocarbonyl (C=S) groups is 1. The van der Waals surface area contributed by atoms with Crippen LogP contribution < -0.4 is 0 Å². The van der Waals surface area contributed by atoms with E-state index in [1.807, 2.05) is 36.6 Å². The van der Waals surface area contributed by atoms with E-state index in [4.69, 9.17) is 17.0 Å². The van der Waals surface area contributed by atoms with E-state index in [1.165, 1.54) is 14.0 Å². The molecule has 1 aromatic rings. The molecule has 0 bridgehead atoms. The van der Waals surface area contributed by atoms with E-state index in [-0.39, 0.29) is 6.61 Å². The van der Waals surface area contributed by atoms with Crippen LogP contribution in [0.5, 0.6) is 0 Å². The van der Waals surface area contributed by atoms with Gasteiger partial charge in [-0.3, -0.25) is 0 Å². The Morgan fingerprint density at radius 3 is 2.48 bits per heavy atom. The van der Waals surface area contributed by atoms with E-state index in [0.29, 0.717) is 11.4 Å². The van der Waals surface area contributed by atoms with Crippen LogP contribution in [0.4, 0.5) is 4.79 Å². The number of likely N-dealkylation sites (N-methyl/N-ethyl adjacent to an activating group) is 1. The van der Waals surface area contributed by atoms with Crippen molar-refractivity contribution in [1.82, 2.24) is 0 Å². The number of aliphatic carboxylic acids is 1. The molecule has 0 aliphatic heterocycles. The fourth-order valence-corrected chi connectivity index (χ4v) is 3.17. The molecule has 0 saturated heterocycles. The van der Waals surface area contributed by atoms with Crippen LogP contribution in [0.3, 0.4) is 0 Å². The fraction of sp³-hybridized carbons (Fsp3) is 0.500. The first-order chi connectivity index (χ1) is 11.8. The van der Waals surface area contributed by atoms with E-state index in [0.717, 1.165) is 24.2 Å². The number of ether oxygens (including phenoxy) is 1. The zero-order chi connectivity index (χ0) is 18.9. The molecule has 0 aromatic heterocycles. The lowest BCUT2D eigenvalue weighted by Crippen LogP contribution is -2.61. The molecule has 2 atom stereocenters. The topological polar surface area (TPSA) is 63.6 Å². The van der Waals surface area contributed by atoms with Crippen molar-refractivity contribution in [3.63, 3.8) is 0 Å². The van der Waals surface area contributed by atoms with Crippen LogP contribution in [0.1, 0.15) is 31.7 Å². The Kier molecular flexibility index (Phi) is 9.10. The monoisotopic (exact) mass is 384 g/mol. The van der Waals surface area contributed by atoms with Gasteiger partial charge in [0.05, 0.1) is 7.05 Å². The number of unbranched alkanes of at least 4 members (excludes halogenated alkanes) is 1. The first-order valence-corrected chi connectivity index (χ1v) is 9.96. The average molecular weight is 385 g/mol. The first-order valence-electron chi connectivity index (χ1n) is 8.16. The summed E-state index contributed by atoms with van der Waals surface area (Å²) >= 11 is 7.19. The molecule has 1 aromatic carbocycles. The Labute approximate surface area is 158 Å². The van der Waals surface area contributed by atoms with Gasteiger partial charge in [-0.05, 0) is 42.6 Å². The number of carbonyl (C=O) groups is 2. The smallest absolute Gasteiger partial charge is 0.477 e. The predicted molar refractivity (Wildman–Crippen MR) is 105 cm³/mol. The van der Waals surface area contributed by atoms with Crippen molar-refractivity contribution >= 4 is 41.0 Å². The van der Waals surface area contributed by atoms with Crippen LogP contribution in [0.15, 0.2) is 30.3 Å². The predicted octanol–water partition coefficient (Wildman–Crippen LogP) is 4.10. The Bertz CT molecular complexity index is 594. The van der Waals surface area contributed by atoms with E-state index >= 15 is 0 Å². The van der Waals surface area contributed by atoms with Crippen molar-refractivity contribution in [2.75, 3.05) is 19.1 Å². The number of carboxylic acids is 1. The summed E-state index contributed by atoms with van der Waals surface area (Å²) in [6.07, 6.45) is 3.72. The normalized spacial score (nSPS) is 14.4. The highest BCUT2D eigenvalue weighted by Gasteiger charge is 2.47. The fourth-order valence-electron chi connectivity index (χ4n) is 2.31. The van der Waals surface area contributed by atoms with E-state index in [1.54, 1.807) is 11.8 Å². The SMILES string of the molecule is CSCCCCC(=S)[N+](C)(C(=O)OCc1ccccc1)[C@@H](C)C(=O)O. The number of quaternary nitrogens is 1. The van der Waals surface area contributed by atoms with Gasteiger partial charge in [-0.25, -0.2) is 4.79 Å². The van der Waals surface area contributed by atoms with Crippen LogP contribution >= 0.6 is 24.0 Å². The number of benzene rings is 1. The molecular formula is C18H26NO4S2+. The van der Waals surface area contributed by atoms with Gasteiger partial charge in [0.25, 0.3) is 0 Å². The van der Waals surface area contributed by atoms with Crippen molar-refractivity contribution in [3.8, 4) is 0 Å². The number of carbonyl (C=O) groups excluding carboxylic acids is 1. The molecule has 5 nitrogen and oxygen atoms in total. The standard InChI is InChI=1S/C18H25NO4S2/c1-14(17(20)21)19(2,16(24)11-7-8-12-25-3)18(22)23-13-15-9-5-4-6-10-15/h4-6,9-10,14H,7-8,11-13H2,1-3H3/p+1/t14-,19?/m0/s1. The molecule has 1 N–H and O–H groups in total. The third kappa shape index (κ3) is 6.09. The first kappa shape index (κ1) is 21.6. The molecule has 1 rings (SSSR count). The summed E-state index contributed by atoms with van der Waals surface area (Å²) < 4.78 is 4.87. The number of thioether (sulfide) groups is 1. The Balaban J connectivity index is 2.84. The van der Waals surface area contributed by atoms with Gasteiger partial charge in [-0.2, -0.15) is 21.0 Å². The summed E-state index contributed by atoms with van der Waals surface area (Å²) in [5.74, 6) is -0.0650. The van der Waals surface area contributed by atoms with E-state index in [9.17, 15) is 14.7 Å². The van der Waals surface area contributed by atoms with Gasteiger partial charge in [0, 0.05) is 13.3 Å². The third-order valence-corrected chi connectivity index (χ3v) is 5.50. The minimum absolute atomic E-state index is 0.0922. The van der Waals surface area contributed by atoms with Crippen LogP contribution in [0.2, 0.25) is 0 Å². The van der Waals surface area contributed by atoms with Crippen molar-refractivity contribution in [1.29, 1.82) is 0 Å². The quantitative estimate of drug-likeness (QED) is 0.393. The second kappa shape index (κ2) is 10.5. The molecule has 0 heterocycles. The lowest BCUT2D eigenvalue weighted by molar-refractivity contribution is -0.761. The molecule has 1 amide bonds. The van der Waals surface area contributed by atoms with Gasteiger partial charge in [-0.15, -0.1) is 0 Å². The molecule has 0 fully saturated rings. The summed E-state index contributed by atoms with van der Waals surface area (Å²) in [5.41, 5.74) is 0.844. The van der Waals surface area contributed by atoms with Gasteiger partial charge in [0.1, 0.15) is 6.61 Å². The average Bonchev–Trinajstić information content (AvgIpc) is 2.62. The number of carboxylic acid groups (broad SMARTS) is 1. The maximum Gasteiger partial charge on any atom is 0.522 e. The lowest BCUT2D eigenvalue weighted by atomic mass is 10.1. The van der Waals surface area contributed by atoms with Crippen molar-refractivity contribution < 1.29 is 23.9 Å². The van der Waals surface area contributed by atoms with Crippen molar-refractivity contribution in [2.24, 2.45) is 0 Å². The minimum atomic E-state index is -1.08. The zero-order valence-electron chi connectivity index (χ0n) is 14.9. The summed E-state index contributed by atoms with van der Waals surface area (Å²) in [6.45, 7) is 1.58. The van der Waals surface area contributed by atoms with E-state index < -0.39 is 22.6 Å². The maximum absolute atomic E-state index is 12.7. The Hall–Kier alpha value is -1.44. The van der Waals surface area contributed by atoms with Crippen molar-refractivity contribution in [3.05, 3.63) is 35.9 Å². The van der Waals surface area contributed by atoms with Crippen LogP contribution in [0, 0.1) is 0 Å². The van der Waals surface area contributed by atoms with Gasteiger partial charge < -0.3 is 9.84 Å². The molecule has 0 radical (unpaired) electrons. The van der Waals surface area contributed by atoms with Crippen LogP contribution in [-0.4, -0.2) is 51.7 Å². The molecule has 25 heavy (non-hydrogen) atoms. The maximum atomic E-state index is 12.7. The van der Waals surface area contributed by atoms with Gasteiger partial charge in [0.2, 0.25) is 0 Å². The van der Waals surface area contributed by atoms with Gasteiger partial charge >= 0.3 is 12.1 Å². The summed E-state index contributed by atoms with van der Waals surface area (Å²) in [4.78, 5) is 24.6. The summed E-state index contributed by atoms with van der Waals surface area (Å²) in [7, 11) is 1.53. The van der Waals surface area contributed by atoms with Crippen LogP contribution in [0.25, 0.3) is 0 Å². The second-order valence-corrected chi connectivity index (χ2v) is 7.43. The highest BCUT2D eigenvalue weighted by atomic mass is 32.2. The molecule has 0 aliphatic rings. The highest BCUT2D eigenvalue weighted by molar-refractivity contribution is 7.98. The number of amides is 1. The molecule has 138 valence electrons. The number of rotatable bonds is 9. The minimum Gasteiger partial charge on any atom is -0.477 e. The largest absolute Gasteiger partial charge is 0.522 e. The Morgan fingerprint density at radius 2 is 1.92 bits per heavy atom. The molecular weight excluding hydrogens is 358 g/mol. The number of nitrogens with zero attached hydrogens (tertiary/aromatic N) is 1. The molecule has 1 unspecified atom stereocenters. The number of hydrogen-bond donors (Lipinski definition) is 1. The van der Waals surface area contributed by atoms with Crippen LogP contribution in [-0.2, 0) is 16.1 Å². The Morgan fingerprint density at radius 1 is 1.28 bits per heavy atom. The summed E-state index contributed by atoms with van der Waals surface area (Å²) in [6, 6.07) is 8.27. The van der Waals surface area contributed by atoms with Crippen molar-refractivity contribution in [2.45, 2.75) is 38.8 Å². The number of hydrogen-bond acceptors (Lipinski definition) is 5. The van der Waals surface area contributed by atoms with Gasteiger partial charge in [-0.1, -0.05) is 30.3 Å². The van der Waals surface area contributed by atoms with E-state index in [2.05, 4.69) is 0 Å². The molecule has 0 aliphatic carbocycles. The lowest BCUT2D eigenvalue weighted by Gasteiger charge is -2.33. The second-order valence-electron chi connectivity index (χ2n) is 5.97. The third-order valence-electron chi connectivity index (χ3n) is 4.22. The molecule has 0 saturated carbocycles. The summed E-state index contributed by atoms with van der Waals surface area (Å²) in [5, 5.41) is 9.42. The molecule has 0 spiro atoms. The molecule has 7 heteroatoms.